The highest BCUT2D eigenvalue weighted by atomic mass is 35.5. The number of aromatic nitrogens is 1. The van der Waals surface area contributed by atoms with E-state index in [2.05, 4.69) is 15.8 Å². The molecule has 2 aromatic carbocycles. The lowest BCUT2D eigenvalue weighted by molar-refractivity contribution is 0.0962. The summed E-state index contributed by atoms with van der Waals surface area (Å²) in [4.78, 5) is 16.0. The summed E-state index contributed by atoms with van der Waals surface area (Å²) in [6, 6.07) is 9.90. The number of oxazole rings is 1. The first kappa shape index (κ1) is 16.6. The summed E-state index contributed by atoms with van der Waals surface area (Å²) in [5.74, 6) is 0.279. The molecule has 0 radical (unpaired) electrons. The molecule has 1 aromatic heterocycles. The Kier molecular flexibility index (Phi) is 4.94. The third-order valence-electron chi connectivity index (χ3n) is 3.17. The number of hydrazine groups is 1. The van der Waals surface area contributed by atoms with Crippen LogP contribution in [0.5, 0.6) is 0 Å². The number of anilines is 1. The topological polar surface area (TPSA) is 67.2 Å². The number of nitrogens with zero attached hydrogens (tertiary/aromatic N) is 1. The fraction of sp³-hybridized carbons (Fsp3) is 0. The maximum Gasteiger partial charge on any atom is 0.269 e. The summed E-state index contributed by atoms with van der Waals surface area (Å²) < 4.78 is 5.20. The summed E-state index contributed by atoms with van der Waals surface area (Å²) in [7, 11) is 0. The van der Waals surface area contributed by atoms with E-state index in [1.54, 1.807) is 30.5 Å². The summed E-state index contributed by atoms with van der Waals surface area (Å²) in [6.45, 7) is 0. The van der Waals surface area contributed by atoms with E-state index in [0.29, 0.717) is 32.1 Å². The summed E-state index contributed by atoms with van der Waals surface area (Å²) in [5.41, 5.74) is 6.87. The van der Waals surface area contributed by atoms with Crippen molar-refractivity contribution in [2.75, 3.05) is 5.43 Å². The lowest BCUT2D eigenvalue weighted by atomic mass is 10.1. The number of halogens is 3. The van der Waals surface area contributed by atoms with Crippen LogP contribution in [0.1, 0.15) is 10.4 Å². The van der Waals surface area contributed by atoms with E-state index < -0.39 is 0 Å². The van der Waals surface area contributed by atoms with E-state index >= 15 is 0 Å². The number of benzene rings is 2. The molecule has 0 saturated carbocycles. The molecule has 0 aliphatic rings. The van der Waals surface area contributed by atoms with Crippen molar-refractivity contribution in [2.24, 2.45) is 0 Å². The summed E-state index contributed by atoms with van der Waals surface area (Å²) in [6.07, 6.45) is 2.95. The van der Waals surface area contributed by atoms with E-state index in [4.69, 9.17) is 39.2 Å². The van der Waals surface area contributed by atoms with Gasteiger partial charge in [-0.1, -0.05) is 46.9 Å². The minimum absolute atomic E-state index is 0.300. The first-order chi connectivity index (χ1) is 11.5. The molecule has 0 fully saturated rings. The first-order valence-electron chi connectivity index (χ1n) is 6.74. The molecule has 0 atom stereocenters. The Bertz CT molecular complexity index is 842. The van der Waals surface area contributed by atoms with Gasteiger partial charge in [-0.3, -0.25) is 15.6 Å². The van der Waals surface area contributed by atoms with Crippen LogP contribution < -0.4 is 10.9 Å². The van der Waals surface area contributed by atoms with E-state index in [9.17, 15) is 4.79 Å². The van der Waals surface area contributed by atoms with Crippen LogP contribution >= 0.6 is 34.8 Å². The van der Waals surface area contributed by atoms with Crippen LogP contribution in [0.3, 0.4) is 0 Å². The van der Waals surface area contributed by atoms with Crippen molar-refractivity contribution >= 4 is 46.4 Å². The second-order valence-electron chi connectivity index (χ2n) is 4.77. The third-order valence-corrected chi connectivity index (χ3v) is 3.99. The lowest BCUT2D eigenvalue weighted by Gasteiger charge is -2.12. The number of carbonyl (C=O) groups excluding carboxylic acids is 1. The van der Waals surface area contributed by atoms with Crippen molar-refractivity contribution < 1.29 is 9.21 Å². The molecule has 122 valence electrons. The fourth-order valence-electron chi connectivity index (χ4n) is 2.00. The average Bonchev–Trinajstić information content (AvgIpc) is 3.08. The van der Waals surface area contributed by atoms with Crippen LogP contribution in [0.15, 0.2) is 53.4 Å². The number of nitrogens with one attached hydrogen (secondary N) is 2. The molecule has 1 heterocycles. The SMILES string of the molecule is O=C(NNc1c(Cl)cc(Cl)cc1Cl)c1ccc(-c2cnco2)cc1. The van der Waals surface area contributed by atoms with Crippen LogP contribution in [-0.2, 0) is 0 Å². The van der Waals surface area contributed by atoms with Gasteiger partial charge in [-0.25, -0.2) is 4.98 Å². The molecule has 0 bridgehead atoms. The molecule has 5 nitrogen and oxygen atoms in total. The van der Waals surface area contributed by atoms with Gasteiger partial charge in [-0.05, 0) is 24.3 Å². The van der Waals surface area contributed by atoms with Crippen LogP contribution in [0.4, 0.5) is 5.69 Å². The quantitative estimate of drug-likeness (QED) is 0.619. The van der Waals surface area contributed by atoms with E-state index in [0.717, 1.165) is 5.56 Å². The molecular formula is C16H10Cl3N3O2. The second-order valence-corrected chi connectivity index (χ2v) is 6.02. The van der Waals surface area contributed by atoms with Gasteiger partial charge in [-0.2, -0.15) is 0 Å². The predicted octanol–water partition coefficient (Wildman–Crippen LogP) is 5.06. The van der Waals surface area contributed by atoms with Crippen molar-refractivity contribution in [2.45, 2.75) is 0 Å². The molecule has 3 rings (SSSR count). The summed E-state index contributed by atoms with van der Waals surface area (Å²) >= 11 is 17.9. The van der Waals surface area contributed by atoms with Crippen LogP contribution in [0.2, 0.25) is 15.1 Å². The Morgan fingerprint density at radius 1 is 1.04 bits per heavy atom. The van der Waals surface area contributed by atoms with Gasteiger partial charge < -0.3 is 4.42 Å². The molecular weight excluding hydrogens is 373 g/mol. The van der Waals surface area contributed by atoms with Gasteiger partial charge in [0.25, 0.3) is 5.91 Å². The molecule has 3 aromatic rings. The number of carbonyl (C=O) groups is 1. The van der Waals surface area contributed by atoms with Gasteiger partial charge in [0.1, 0.15) is 0 Å². The molecule has 0 aliphatic heterocycles. The number of hydrogen-bond donors (Lipinski definition) is 2. The van der Waals surface area contributed by atoms with Crippen LogP contribution in [0, 0.1) is 0 Å². The van der Waals surface area contributed by atoms with Crippen molar-refractivity contribution in [1.29, 1.82) is 0 Å². The molecule has 24 heavy (non-hydrogen) atoms. The fourth-order valence-corrected chi connectivity index (χ4v) is 2.91. The predicted molar refractivity (Wildman–Crippen MR) is 94.5 cm³/mol. The monoisotopic (exact) mass is 381 g/mol. The van der Waals surface area contributed by atoms with Crippen molar-refractivity contribution in [1.82, 2.24) is 10.4 Å². The largest absolute Gasteiger partial charge is 0.444 e. The van der Waals surface area contributed by atoms with Crippen LogP contribution in [0.25, 0.3) is 11.3 Å². The Hall–Kier alpha value is -2.21. The maximum atomic E-state index is 12.2. The number of rotatable bonds is 4. The highest BCUT2D eigenvalue weighted by molar-refractivity contribution is 6.41. The lowest BCUT2D eigenvalue weighted by Crippen LogP contribution is -2.29. The molecule has 0 unspecified atom stereocenters. The second kappa shape index (κ2) is 7.13. The van der Waals surface area contributed by atoms with E-state index in [-0.39, 0.29) is 5.91 Å². The standard InChI is InChI=1S/C16H10Cl3N3O2/c17-11-5-12(18)15(13(19)6-11)21-22-16(23)10-3-1-9(2-4-10)14-7-20-8-24-14/h1-8,21H,(H,22,23). The molecule has 1 amide bonds. The molecule has 2 N–H and O–H groups in total. The van der Waals surface area contributed by atoms with Crippen molar-refractivity contribution in [3.8, 4) is 11.3 Å². The van der Waals surface area contributed by atoms with E-state index in [1.807, 2.05) is 0 Å². The van der Waals surface area contributed by atoms with Crippen molar-refractivity contribution in [3.63, 3.8) is 0 Å². The van der Waals surface area contributed by atoms with Gasteiger partial charge in [0.15, 0.2) is 12.2 Å². The zero-order valence-electron chi connectivity index (χ0n) is 12.0. The van der Waals surface area contributed by atoms with Crippen molar-refractivity contribution in [3.05, 3.63) is 69.6 Å². The molecule has 0 aliphatic carbocycles. The molecule has 8 heteroatoms. The smallest absolute Gasteiger partial charge is 0.269 e. The Labute approximate surface area is 152 Å². The third kappa shape index (κ3) is 3.64. The normalized spacial score (nSPS) is 10.5. The number of hydrogen-bond acceptors (Lipinski definition) is 4. The van der Waals surface area contributed by atoms with Gasteiger partial charge in [0.2, 0.25) is 0 Å². The van der Waals surface area contributed by atoms with Gasteiger partial charge >= 0.3 is 0 Å². The highest BCUT2D eigenvalue weighted by Gasteiger charge is 2.11. The highest BCUT2D eigenvalue weighted by Crippen LogP contribution is 2.33. The zero-order chi connectivity index (χ0) is 17.1. The Morgan fingerprint density at radius 3 is 2.29 bits per heavy atom. The molecule has 0 saturated heterocycles. The van der Waals surface area contributed by atoms with E-state index in [1.165, 1.54) is 18.5 Å². The van der Waals surface area contributed by atoms with Gasteiger partial charge in [0, 0.05) is 16.1 Å². The number of amides is 1. The molecule has 0 spiro atoms. The Balaban J connectivity index is 1.69. The summed E-state index contributed by atoms with van der Waals surface area (Å²) in [5, 5.41) is 1.01. The minimum atomic E-state index is -0.346. The van der Waals surface area contributed by atoms with Gasteiger partial charge in [-0.15, -0.1) is 0 Å². The Morgan fingerprint density at radius 2 is 1.71 bits per heavy atom. The zero-order valence-corrected chi connectivity index (χ0v) is 14.3. The minimum Gasteiger partial charge on any atom is -0.444 e. The first-order valence-corrected chi connectivity index (χ1v) is 7.88. The average molecular weight is 383 g/mol. The maximum absolute atomic E-state index is 12.2. The van der Waals surface area contributed by atoms with Gasteiger partial charge in [0.05, 0.1) is 21.9 Å². The van der Waals surface area contributed by atoms with Crippen LogP contribution in [-0.4, -0.2) is 10.9 Å².